The molecule has 0 unspecified atom stereocenters. The van der Waals surface area contributed by atoms with Gasteiger partial charge in [0.1, 0.15) is 6.61 Å². The van der Waals surface area contributed by atoms with E-state index in [0.29, 0.717) is 26.3 Å². The van der Waals surface area contributed by atoms with Gasteiger partial charge in [0.15, 0.2) is 11.5 Å². The molecular weight excluding hydrogens is 330 g/mol. The summed E-state index contributed by atoms with van der Waals surface area (Å²) in [5.41, 5.74) is 3.27. The molecule has 0 N–H and O–H groups in total. The van der Waals surface area contributed by atoms with Gasteiger partial charge in [0.05, 0.1) is 13.2 Å². The Morgan fingerprint density at radius 3 is 2.31 bits per heavy atom. The minimum absolute atomic E-state index is 0.286. The van der Waals surface area contributed by atoms with Crippen LogP contribution < -0.4 is 9.47 Å². The van der Waals surface area contributed by atoms with E-state index in [0.717, 1.165) is 29.0 Å². The van der Waals surface area contributed by atoms with Gasteiger partial charge < -0.3 is 19.1 Å². The van der Waals surface area contributed by atoms with Gasteiger partial charge in [-0.2, -0.15) is 0 Å². The molecule has 0 saturated heterocycles. The zero-order chi connectivity index (χ0) is 18.4. The molecule has 3 rings (SSSR count). The van der Waals surface area contributed by atoms with Crippen molar-refractivity contribution < 1.29 is 19.0 Å². The maximum absolute atomic E-state index is 12.4. The molecule has 0 radical (unpaired) electrons. The molecule has 0 saturated carbocycles. The highest BCUT2D eigenvalue weighted by atomic mass is 16.6. The first-order valence-electron chi connectivity index (χ1n) is 9.08. The van der Waals surface area contributed by atoms with Crippen LogP contribution in [0.4, 0.5) is 4.79 Å². The number of rotatable bonds is 6. The lowest BCUT2D eigenvalue weighted by Gasteiger charge is -2.29. The van der Waals surface area contributed by atoms with Crippen LogP contribution in [0.2, 0.25) is 0 Å². The van der Waals surface area contributed by atoms with Crippen LogP contribution in [0.1, 0.15) is 30.5 Å². The summed E-state index contributed by atoms with van der Waals surface area (Å²) in [6.45, 7) is 6.52. The molecule has 0 atom stereocenters. The fourth-order valence-electron chi connectivity index (χ4n) is 3.07. The largest absolute Gasteiger partial charge is 0.490 e. The minimum Gasteiger partial charge on any atom is -0.490 e. The summed E-state index contributed by atoms with van der Waals surface area (Å²) in [5, 5.41) is 0. The number of hydrogen-bond acceptors (Lipinski definition) is 4. The maximum atomic E-state index is 12.4. The Bertz CT molecular complexity index is 745. The molecule has 0 aliphatic carbocycles. The average Bonchev–Trinajstić information content (AvgIpc) is 2.67. The second-order valence-electron chi connectivity index (χ2n) is 6.15. The lowest BCUT2D eigenvalue weighted by Crippen LogP contribution is -2.36. The predicted octanol–water partition coefficient (Wildman–Crippen LogP) is 4.18. The van der Waals surface area contributed by atoms with Crippen molar-refractivity contribution in [2.45, 2.75) is 33.4 Å². The van der Waals surface area contributed by atoms with E-state index in [-0.39, 0.29) is 12.7 Å². The number of amides is 1. The standard InChI is InChI=1S/C21H25NO4/c1-3-24-19-12-17-10-11-22(14-18(17)13-20(19)25-4-2)21(23)26-15-16-8-6-5-7-9-16/h5-9,12-13H,3-4,10-11,14-15H2,1-2H3. The van der Waals surface area contributed by atoms with Gasteiger partial charge >= 0.3 is 6.09 Å². The quantitative estimate of drug-likeness (QED) is 0.780. The highest BCUT2D eigenvalue weighted by Crippen LogP contribution is 2.34. The maximum Gasteiger partial charge on any atom is 0.410 e. The van der Waals surface area contributed by atoms with Gasteiger partial charge in [-0.3, -0.25) is 0 Å². The highest BCUT2D eigenvalue weighted by molar-refractivity contribution is 5.68. The molecule has 138 valence electrons. The van der Waals surface area contributed by atoms with Gasteiger partial charge in [-0.25, -0.2) is 4.79 Å². The SMILES string of the molecule is CCOc1cc2c(cc1OCC)CN(C(=O)OCc1ccccc1)CC2. The second kappa shape index (κ2) is 8.61. The number of benzene rings is 2. The molecule has 26 heavy (non-hydrogen) atoms. The van der Waals surface area contributed by atoms with Crippen LogP contribution in [0.3, 0.4) is 0 Å². The molecule has 1 aliphatic heterocycles. The molecule has 5 heteroatoms. The Morgan fingerprint density at radius 2 is 1.65 bits per heavy atom. The summed E-state index contributed by atoms with van der Waals surface area (Å²) in [5.74, 6) is 1.50. The van der Waals surface area contributed by atoms with E-state index in [4.69, 9.17) is 14.2 Å². The van der Waals surface area contributed by atoms with E-state index < -0.39 is 0 Å². The van der Waals surface area contributed by atoms with Crippen LogP contribution in [0.15, 0.2) is 42.5 Å². The first-order chi connectivity index (χ1) is 12.7. The molecule has 2 aromatic carbocycles. The second-order valence-corrected chi connectivity index (χ2v) is 6.15. The van der Waals surface area contributed by atoms with Crippen molar-refractivity contribution in [3.63, 3.8) is 0 Å². The third-order valence-electron chi connectivity index (χ3n) is 4.34. The van der Waals surface area contributed by atoms with Crippen molar-refractivity contribution in [1.82, 2.24) is 4.90 Å². The molecule has 1 aliphatic rings. The fraction of sp³-hybridized carbons (Fsp3) is 0.381. The number of nitrogens with zero attached hydrogens (tertiary/aromatic N) is 1. The lowest BCUT2D eigenvalue weighted by atomic mass is 9.99. The van der Waals surface area contributed by atoms with Gasteiger partial charge in [-0.1, -0.05) is 30.3 Å². The van der Waals surface area contributed by atoms with Crippen molar-refractivity contribution in [3.05, 3.63) is 59.2 Å². The Labute approximate surface area is 154 Å². The third kappa shape index (κ3) is 4.28. The first kappa shape index (κ1) is 18.1. The zero-order valence-electron chi connectivity index (χ0n) is 15.4. The van der Waals surface area contributed by atoms with Gasteiger partial charge in [0.2, 0.25) is 0 Å². The lowest BCUT2D eigenvalue weighted by molar-refractivity contribution is 0.0917. The molecule has 0 spiro atoms. The van der Waals surface area contributed by atoms with Gasteiger partial charge in [-0.05, 0) is 49.1 Å². The van der Waals surface area contributed by atoms with Crippen molar-refractivity contribution in [2.75, 3.05) is 19.8 Å². The predicted molar refractivity (Wildman–Crippen MR) is 99.5 cm³/mol. The summed E-state index contributed by atoms with van der Waals surface area (Å²) in [6.07, 6.45) is 0.494. The summed E-state index contributed by atoms with van der Waals surface area (Å²) in [7, 11) is 0. The topological polar surface area (TPSA) is 48.0 Å². The molecule has 5 nitrogen and oxygen atoms in total. The average molecular weight is 355 g/mol. The van der Waals surface area contributed by atoms with Crippen LogP contribution in [-0.2, 0) is 24.3 Å². The number of fused-ring (bicyclic) bond motifs is 1. The van der Waals surface area contributed by atoms with E-state index in [1.807, 2.05) is 56.3 Å². The van der Waals surface area contributed by atoms with Crippen LogP contribution in [0.5, 0.6) is 11.5 Å². The Balaban J connectivity index is 1.68. The Morgan fingerprint density at radius 1 is 1.00 bits per heavy atom. The van der Waals surface area contributed by atoms with Crippen LogP contribution in [0, 0.1) is 0 Å². The zero-order valence-corrected chi connectivity index (χ0v) is 15.4. The van der Waals surface area contributed by atoms with Gasteiger partial charge in [-0.15, -0.1) is 0 Å². The summed E-state index contributed by atoms with van der Waals surface area (Å²) >= 11 is 0. The molecule has 2 aromatic rings. The number of ether oxygens (including phenoxy) is 3. The van der Waals surface area contributed by atoms with Crippen molar-refractivity contribution in [1.29, 1.82) is 0 Å². The van der Waals surface area contributed by atoms with Gasteiger partial charge in [0, 0.05) is 13.1 Å². The molecule has 0 aromatic heterocycles. The van der Waals surface area contributed by atoms with Crippen LogP contribution in [0.25, 0.3) is 0 Å². The minimum atomic E-state index is -0.286. The normalized spacial score (nSPS) is 13.1. The van der Waals surface area contributed by atoms with Crippen LogP contribution in [-0.4, -0.2) is 30.8 Å². The van der Waals surface area contributed by atoms with E-state index in [9.17, 15) is 4.79 Å². The summed E-state index contributed by atoms with van der Waals surface area (Å²) in [4.78, 5) is 14.1. The fourth-order valence-corrected chi connectivity index (χ4v) is 3.07. The molecule has 0 bridgehead atoms. The van der Waals surface area contributed by atoms with Crippen molar-refractivity contribution >= 4 is 6.09 Å². The number of carbonyl (C=O) groups is 1. The number of carbonyl (C=O) groups excluding carboxylic acids is 1. The Kier molecular flexibility index (Phi) is 6.00. The van der Waals surface area contributed by atoms with E-state index in [2.05, 4.69) is 0 Å². The van der Waals surface area contributed by atoms with E-state index in [1.165, 1.54) is 5.56 Å². The smallest absolute Gasteiger partial charge is 0.410 e. The summed E-state index contributed by atoms with van der Waals surface area (Å²) < 4.78 is 16.8. The van der Waals surface area contributed by atoms with E-state index >= 15 is 0 Å². The summed E-state index contributed by atoms with van der Waals surface area (Å²) in [6, 6.07) is 13.7. The molecule has 1 amide bonds. The highest BCUT2D eigenvalue weighted by Gasteiger charge is 2.24. The molecule has 1 heterocycles. The number of hydrogen-bond donors (Lipinski definition) is 0. The van der Waals surface area contributed by atoms with Crippen LogP contribution >= 0.6 is 0 Å². The molecule has 0 fully saturated rings. The van der Waals surface area contributed by atoms with Crippen molar-refractivity contribution in [2.24, 2.45) is 0 Å². The monoisotopic (exact) mass is 355 g/mol. The van der Waals surface area contributed by atoms with Crippen molar-refractivity contribution in [3.8, 4) is 11.5 Å². The Hall–Kier alpha value is -2.69. The first-order valence-corrected chi connectivity index (χ1v) is 9.08. The van der Waals surface area contributed by atoms with E-state index in [1.54, 1.807) is 4.90 Å². The third-order valence-corrected chi connectivity index (χ3v) is 4.34. The molecular formula is C21H25NO4. The van der Waals surface area contributed by atoms with Gasteiger partial charge in [0.25, 0.3) is 0 Å².